The number of benzene rings is 1. The van der Waals surface area contributed by atoms with Crippen LogP contribution in [0, 0.1) is 5.92 Å². The van der Waals surface area contributed by atoms with Gasteiger partial charge < -0.3 is 14.5 Å². The number of carbonyl (C=O) groups is 2. The Balaban J connectivity index is 1.77. The van der Waals surface area contributed by atoms with Gasteiger partial charge in [0.15, 0.2) is 0 Å². The molecule has 5 heteroatoms. The summed E-state index contributed by atoms with van der Waals surface area (Å²) in [6.45, 7) is 6.30. The van der Waals surface area contributed by atoms with Crippen molar-refractivity contribution in [2.75, 3.05) is 26.2 Å². The van der Waals surface area contributed by atoms with Crippen LogP contribution in [-0.4, -0.2) is 48.0 Å². The Morgan fingerprint density at radius 1 is 1.05 bits per heavy atom. The summed E-state index contributed by atoms with van der Waals surface area (Å²) in [6, 6.07) is 9.61. The molecule has 2 rings (SSSR count). The summed E-state index contributed by atoms with van der Waals surface area (Å²) in [5.74, 6) is 0.147. The van der Waals surface area contributed by atoms with Crippen molar-refractivity contribution in [3.05, 3.63) is 35.9 Å². The minimum Gasteiger partial charge on any atom is -0.445 e. The zero-order chi connectivity index (χ0) is 15.2. The summed E-state index contributed by atoms with van der Waals surface area (Å²) in [7, 11) is 0. The number of nitrogens with zero attached hydrogens (tertiary/aromatic N) is 2. The number of piperazine rings is 1. The summed E-state index contributed by atoms with van der Waals surface area (Å²) >= 11 is 0. The Morgan fingerprint density at radius 2 is 1.62 bits per heavy atom. The highest BCUT2D eigenvalue weighted by atomic mass is 16.6. The van der Waals surface area contributed by atoms with E-state index in [1.54, 1.807) is 4.90 Å². The average molecular weight is 290 g/mol. The van der Waals surface area contributed by atoms with Crippen LogP contribution in [0.4, 0.5) is 4.79 Å². The first-order chi connectivity index (χ1) is 10.1. The van der Waals surface area contributed by atoms with Crippen LogP contribution in [0.3, 0.4) is 0 Å². The molecule has 1 aliphatic heterocycles. The highest BCUT2D eigenvalue weighted by Gasteiger charge is 2.25. The van der Waals surface area contributed by atoms with Crippen molar-refractivity contribution in [1.29, 1.82) is 0 Å². The first-order valence-electron chi connectivity index (χ1n) is 7.32. The molecule has 5 nitrogen and oxygen atoms in total. The van der Waals surface area contributed by atoms with Crippen LogP contribution in [0.15, 0.2) is 30.3 Å². The van der Waals surface area contributed by atoms with Gasteiger partial charge in [0.05, 0.1) is 0 Å². The Labute approximate surface area is 125 Å². The van der Waals surface area contributed by atoms with Gasteiger partial charge in [-0.15, -0.1) is 0 Å². The molecule has 1 aromatic rings. The molecule has 0 saturated carbocycles. The van der Waals surface area contributed by atoms with Gasteiger partial charge in [0.25, 0.3) is 0 Å². The van der Waals surface area contributed by atoms with Crippen LogP contribution >= 0.6 is 0 Å². The SMILES string of the molecule is CC(C)C(=O)N1CCN(C(=O)OCc2ccccc2)CC1. The van der Waals surface area contributed by atoms with Gasteiger partial charge >= 0.3 is 6.09 Å². The molecule has 1 aromatic carbocycles. The quantitative estimate of drug-likeness (QED) is 0.857. The summed E-state index contributed by atoms with van der Waals surface area (Å²) in [5.41, 5.74) is 0.972. The summed E-state index contributed by atoms with van der Waals surface area (Å²) in [5, 5.41) is 0. The van der Waals surface area contributed by atoms with Crippen molar-refractivity contribution >= 4 is 12.0 Å². The van der Waals surface area contributed by atoms with Gasteiger partial charge in [0.1, 0.15) is 6.61 Å². The first-order valence-corrected chi connectivity index (χ1v) is 7.32. The van der Waals surface area contributed by atoms with E-state index in [4.69, 9.17) is 4.74 Å². The maximum Gasteiger partial charge on any atom is 0.410 e. The third kappa shape index (κ3) is 4.21. The van der Waals surface area contributed by atoms with Crippen molar-refractivity contribution in [3.63, 3.8) is 0 Å². The van der Waals surface area contributed by atoms with E-state index >= 15 is 0 Å². The zero-order valence-electron chi connectivity index (χ0n) is 12.6. The fourth-order valence-corrected chi connectivity index (χ4v) is 2.29. The van der Waals surface area contributed by atoms with E-state index in [1.165, 1.54) is 0 Å². The van der Waals surface area contributed by atoms with Crippen LogP contribution in [-0.2, 0) is 16.1 Å². The lowest BCUT2D eigenvalue weighted by Crippen LogP contribution is -2.51. The number of carbonyl (C=O) groups excluding carboxylic acids is 2. The normalized spacial score (nSPS) is 15.2. The van der Waals surface area contributed by atoms with E-state index in [1.807, 2.05) is 49.1 Å². The van der Waals surface area contributed by atoms with Crippen LogP contribution in [0.5, 0.6) is 0 Å². The van der Waals surface area contributed by atoms with Crippen molar-refractivity contribution < 1.29 is 14.3 Å². The maximum atomic E-state index is 12.0. The van der Waals surface area contributed by atoms with Crippen molar-refractivity contribution in [2.24, 2.45) is 5.92 Å². The number of hydrogen-bond acceptors (Lipinski definition) is 3. The molecule has 1 fully saturated rings. The second kappa shape index (κ2) is 7.11. The maximum absolute atomic E-state index is 12.0. The lowest BCUT2D eigenvalue weighted by molar-refractivity contribution is -0.136. The topological polar surface area (TPSA) is 49.9 Å². The predicted molar refractivity (Wildman–Crippen MR) is 79.6 cm³/mol. The lowest BCUT2D eigenvalue weighted by Gasteiger charge is -2.34. The van der Waals surface area contributed by atoms with Gasteiger partial charge in [0.2, 0.25) is 5.91 Å². The number of rotatable bonds is 3. The molecule has 0 N–H and O–H groups in total. The highest BCUT2D eigenvalue weighted by molar-refractivity contribution is 5.78. The third-order valence-corrected chi connectivity index (χ3v) is 3.55. The van der Waals surface area contributed by atoms with Crippen molar-refractivity contribution in [3.8, 4) is 0 Å². The van der Waals surface area contributed by atoms with E-state index in [2.05, 4.69) is 0 Å². The third-order valence-electron chi connectivity index (χ3n) is 3.55. The van der Waals surface area contributed by atoms with Crippen LogP contribution < -0.4 is 0 Å². The Bertz CT molecular complexity index is 480. The van der Waals surface area contributed by atoms with Crippen molar-refractivity contribution in [1.82, 2.24) is 9.80 Å². The molecule has 0 bridgehead atoms. The minimum absolute atomic E-state index is 0.00146. The first kappa shape index (κ1) is 15.4. The molecule has 0 aliphatic carbocycles. The molecule has 2 amide bonds. The largest absolute Gasteiger partial charge is 0.445 e. The zero-order valence-corrected chi connectivity index (χ0v) is 12.6. The smallest absolute Gasteiger partial charge is 0.410 e. The fraction of sp³-hybridized carbons (Fsp3) is 0.500. The van der Waals surface area contributed by atoms with E-state index in [-0.39, 0.29) is 24.5 Å². The molecular formula is C16H22N2O3. The average Bonchev–Trinajstić information content (AvgIpc) is 2.53. The molecule has 1 saturated heterocycles. The molecular weight excluding hydrogens is 268 g/mol. The monoisotopic (exact) mass is 290 g/mol. The van der Waals surface area contributed by atoms with E-state index in [0.29, 0.717) is 26.2 Å². The molecule has 1 heterocycles. The van der Waals surface area contributed by atoms with Crippen LogP contribution in [0.25, 0.3) is 0 Å². The van der Waals surface area contributed by atoms with Gasteiger partial charge in [-0.1, -0.05) is 44.2 Å². The molecule has 0 radical (unpaired) electrons. The number of amides is 2. The Kier molecular flexibility index (Phi) is 5.20. The number of ether oxygens (including phenoxy) is 1. The second-order valence-electron chi connectivity index (χ2n) is 5.51. The molecule has 0 spiro atoms. The standard InChI is InChI=1S/C16H22N2O3/c1-13(2)15(19)17-8-10-18(11-9-17)16(20)21-12-14-6-4-3-5-7-14/h3-7,13H,8-12H2,1-2H3. The van der Waals surface area contributed by atoms with Crippen LogP contribution in [0.2, 0.25) is 0 Å². The number of hydrogen-bond donors (Lipinski definition) is 0. The minimum atomic E-state index is -0.310. The van der Waals surface area contributed by atoms with Gasteiger partial charge in [-0.25, -0.2) is 4.79 Å². The van der Waals surface area contributed by atoms with E-state index in [0.717, 1.165) is 5.56 Å². The Morgan fingerprint density at radius 3 is 2.19 bits per heavy atom. The second-order valence-corrected chi connectivity index (χ2v) is 5.51. The van der Waals surface area contributed by atoms with Crippen LogP contribution in [0.1, 0.15) is 19.4 Å². The van der Waals surface area contributed by atoms with Gasteiger partial charge in [0, 0.05) is 32.1 Å². The molecule has 21 heavy (non-hydrogen) atoms. The van der Waals surface area contributed by atoms with E-state index < -0.39 is 0 Å². The molecule has 0 atom stereocenters. The predicted octanol–water partition coefficient (Wildman–Crippen LogP) is 2.12. The molecule has 0 aromatic heterocycles. The summed E-state index contributed by atoms with van der Waals surface area (Å²) < 4.78 is 5.29. The molecule has 0 unspecified atom stereocenters. The summed E-state index contributed by atoms with van der Waals surface area (Å²) in [6.07, 6.45) is -0.310. The Hall–Kier alpha value is -2.04. The summed E-state index contributed by atoms with van der Waals surface area (Å²) in [4.78, 5) is 27.3. The lowest BCUT2D eigenvalue weighted by atomic mass is 10.1. The highest BCUT2D eigenvalue weighted by Crippen LogP contribution is 2.09. The van der Waals surface area contributed by atoms with Gasteiger partial charge in [-0.2, -0.15) is 0 Å². The molecule has 1 aliphatic rings. The van der Waals surface area contributed by atoms with Crippen molar-refractivity contribution in [2.45, 2.75) is 20.5 Å². The van der Waals surface area contributed by atoms with Gasteiger partial charge in [-0.3, -0.25) is 4.79 Å². The molecule has 114 valence electrons. The van der Waals surface area contributed by atoms with Gasteiger partial charge in [-0.05, 0) is 5.56 Å². The fourth-order valence-electron chi connectivity index (χ4n) is 2.29. The van der Waals surface area contributed by atoms with E-state index in [9.17, 15) is 9.59 Å².